The molecule has 0 aliphatic heterocycles. The number of amides is 2. The van der Waals surface area contributed by atoms with Crippen LogP contribution >= 0.6 is 11.6 Å². The van der Waals surface area contributed by atoms with Gasteiger partial charge in [-0.25, -0.2) is 4.39 Å². The summed E-state index contributed by atoms with van der Waals surface area (Å²) < 4.78 is 24.2. The number of nitro groups is 1. The molecule has 10 nitrogen and oxygen atoms in total. The first-order chi connectivity index (χ1) is 18.2. The molecule has 0 unspecified atom stereocenters. The van der Waals surface area contributed by atoms with Crippen molar-refractivity contribution in [1.29, 1.82) is 5.26 Å². The van der Waals surface area contributed by atoms with Gasteiger partial charge in [-0.3, -0.25) is 19.7 Å². The molecular weight excluding hydrogens is 519 g/mol. The van der Waals surface area contributed by atoms with Gasteiger partial charge >= 0.3 is 0 Å². The minimum absolute atomic E-state index is 0.0492. The van der Waals surface area contributed by atoms with E-state index >= 15 is 0 Å². The molecule has 3 rings (SSSR count). The van der Waals surface area contributed by atoms with Crippen LogP contribution in [0.4, 0.5) is 21.5 Å². The number of nitrogens with zero attached hydrogens (tertiary/aromatic N) is 2. The molecule has 12 heteroatoms. The number of nitrogens with one attached hydrogen (secondary N) is 2. The lowest BCUT2D eigenvalue weighted by atomic mass is 10.1. The van der Waals surface area contributed by atoms with E-state index in [1.54, 1.807) is 13.0 Å². The minimum Gasteiger partial charge on any atom is -0.490 e. The molecule has 0 aliphatic rings. The average molecular weight is 539 g/mol. The lowest BCUT2D eigenvalue weighted by Crippen LogP contribution is -2.20. The number of halogens is 2. The number of hydrogen-bond acceptors (Lipinski definition) is 7. The number of nitriles is 1. The number of benzene rings is 3. The molecule has 0 radical (unpaired) electrons. The van der Waals surface area contributed by atoms with Gasteiger partial charge in [0.05, 0.1) is 16.6 Å². The van der Waals surface area contributed by atoms with Crippen LogP contribution in [-0.4, -0.2) is 30.0 Å². The zero-order chi connectivity index (χ0) is 27.7. The van der Waals surface area contributed by atoms with Gasteiger partial charge in [-0.15, -0.1) is 0 Å². The van der Waals surface area contributed by atoms with Gasteiger partial charge in [0.25, 0.3) is 17.5 Å². The van der Waals surface area contributed by atoms with Crippen LogP contribution in [0.5, 0.6) is 11.5 Å². The molecule has 0 saturated carbocycles. The zero-order valence-corrected chi connectivity index (χ0v) is 20.6. The molecule has 194 valence electrons. The maximum atomic E-state index is 13.0. The van der Waals surface area contributed by atoms with E-state index in [4.69, 9.17) is 21.1 Å². The molecule has 3 aromatic rings. The standard InChI is InChI=1S/C26H20ClFN4O6/c1-2-37-23-12-16(10-17(14-29)26(34)31-20-4-3-5-21(13-20)32(35)36)11-22(27)25(23)38-15-24(33)30-19-8-6-18(28)7-9-19/h3-13H,2,15H2,1H3,(H,30,33)(H,31,34)/b17-10-. The Bertz CT molecular complexity index is 1440. The normalized spacial score (nSPS) is 10.7. The van der Waals surface area contributed by atoms with Crippen molar-refractivity contribution in [3.8, 4) is 17.6 Å². The highest BCUT2D eigenvalue weighted by atomic mass is 35.5. The molecule has 0 aliphatic carbocycles. The summed E-state index contributed by atoms with van der Waals surface area (Å²) in [6, 6.07) is 15.1. The van der Waals surface area contributed by atoms with Crippen molar-refractivity contribution in [1.82, 2.24) is 0 Å². The van der Waals surface area contributed by atoms with Crippen LogP contribution in [0.15, 0.2) is 66.2 Å². The van der Waals surface area contributed by atoms with Crippen LogP contribution in [0.25, 0.3) is 6.08 Å². The SMILES string of the molecule is CCOc1cc(/C=C(/C#N)C(=O)Nc2cccc([N+](=O)[O-])c2)cc(Cl)c1OCC(=O)Nc1ccc(F)cc1. The topological polar surface area (TPSA) is 144 Å². The molecule has 0 heterocycles. The summed E-state index contributed by atoms with van der Waals surface area (Å²) in [6.45, 7) is 1.51. The molecule has 0 fully saturated rings. The Hall–Kier alpha value is -4.95. The fraction of sp³-hybridized carbons (Fsp3) is 0.115. The average Bonchev–Trinajstić information content (AvgIpc) is 2.88. The minimum atomic E-state index is -0.792. The molecule has 3 aromatic carbocycles. The van der Waals surface area contributed by atoms with Gasteiger partial charge in [-0.2, -0.15) is 5.26 Å². The first kappa shape index (κ1) is 27.6. The fourth-order valence-electron chi connectivity index (χ4n) is 3.15. The summed E-state index contributed by atoms with van der Waals surface area (Å²) in [5, 5.41) is 25.5. The monoisotopic (exact) mass is 538 g/mol. The van der Waals surface area contributed by atoms with Gasteiger partial charge in [0.15, 0.2) is 18.1 Å². The smallest absolute Gasteiger partial charge is 0.271 e. The lowest BCUT2D eigenvalue weighted by Gasteiger charge is -2.14. The number of ether oxygens (including phenoxy) is 2. The predicted octanol–water partition coefficient (Wildman–Crippen LogP) is 5.35. The van der Waals surface area contributed by atoms with Crippen LogP contribution in [0.2, 0.25) is 5.02 Å². The Morgan fingerprint density at radius 2 is 1.84 bits per heavy atom. The quantitative estimate of drug-likeness (QED) is 0.153. The van der Waals surface area contributed by atoms with Crippen molar-refractivity contribution in [3.05, 3.63) is 92.8 Å². The maximum absolute atomic E-state index is 13.0. The number of carbonyl (C=O) groups excluding carboxylic acids is 2. The Morgan fingerprint density at radius 1 is 1.11 bits per heavy atom. The summed E-state index contributed by atoms with van der Waals surface area (Å²) in [7, 11) is 0. The van der Waals surface area contributed by atoms with Crippen molar-refractivity contribution in [3.63, 3.8) is 0 Å². The summed E-state index contributed by atoms with van der Waals surface area (Å²) in [5.74, 6) is -1.53. The van der Waals surface area contributed by atoms with E-state index in [1.165, 1.54) is 60.7 Å². The van der Waals surface area contributed by atoms with Gasteiger partial charge in [0.1, 0.15) is 17.5 Å². The van der Waals surface area contributed by atoms with Crippen LogP contribution in [-0.2, 0) is 9.59 Å². The Balaban J connectivity index is 1.77. The second-order valence-corrected chi connectivity index (χ2v) is 7.95. The molecule has 2 amide bonds. The van der Waals surface area contributed by atoms with E-state index in [1.807, 2.05) is 0 Å². The maximum Gasteiger partial charge on any atom is 0.271 e. The molecular formula is C26H20ClFN4O6. The Labute approximate surface area is 221 Å². The molecule has 0 spiro atoms. The van der Waals surface area contributed by atoms with Crippen LogP contribution in [0.1, 0.15) is 12.5 Å². The van der Waals surface area contributed by atoms with Crippen LogP contribution in [0, 0.1) is 27.3 Å². The first-order valence-corrected chi connectivity index (χ1v) is 11.4. The van der Waals surface area contributed by atoms with Gasteiger partial charge < -0.3 is 20.1 Å². The highest BCUT2D eigenvalue weighted by Gasteiger charge is 2.17. The zero-order valence-electron chi connectivity index (χ0n) is 19.9. The van der Waals surface area contributed by atoms with Gasteiger partial charge in [-0.05, 0) is 61.0 Å². The third-order valence-corrected chi connectivity index (χ3v) is 5.08. The van der Waals surface area contributed by atoms with Crippen molar-refractivity contribution >= 4 is 46.6 Å². The number of nitro benzene ring substituents is 1. The van der Waals surface area contributed by atoms with Crippen LogP contribution in [0.3, 0.4) is 0 Å². The van der Waals surface area contributed by atoms with E-state index in [2.05, 4.69) is 10.6 Å². The highest BCUT2D eigenvalue weighted by molar-refractivity contribution is 6.32. The third kappa shape index (κ3) is 7.52. The van der Waals surface area contributed by atoms with E-state index in [9.17, 15) is 29.4 Å². The molecule has 0 aromatic heterocycles. The van der Waals surface area contributed by atoms with E-state index in [0.717, 1.165) is 6.07 Å². The van der Waals surface area contributed by atoms with Crippen molar-refractivity contribution < 1.29 is 28.4 Å². The largest absolute Gasteiger partial charge is 0.490 e. The number of carbonyl (C=O) groups is 2. The summed E-state index contributed by atoms with van der Waals surface area (Å²) >= 11 is 6.36. The summed E-state index contributed by atoms with van der Waals surface area (Å²) in [4.78, 5) is 35.2. The highest BCUT2D eigenvalue weighted by Crippen LogP contribution is 2.37. The molecule has 38 heavy (non-hydrogen) atoms. The number of anilines is 2. The van der Waals surface area contributed by atoms with Gasteiger partial charge in [-0.1, -0.05) is 17.7 Å². The van der Waals surface area contributed by atoms with E-state index < -0.39 is 29.2 Å². The van der Waals surface area contributed by atoms with Crippen molar-refractivity contribution in [2.75, 3.05) is 23.8 Å². The lowest BCUT2D eigenvalue weighted by molar-refractivity contribution is -0.384. The Morgan fingerprint density at radius 3 is 2.50 bits per heavy atom. The van der Waals surface area contributed by atoms with Gasteiger partial charge in [0.2, 0.25) is 0 Å². The second-order valence-electron chi connectivity index (χ2n) is 7.54. The number of hydrogen-bond donors (Lipinski definition) is 2. The van der Waals surface area contributed by atoms with E-state index in [0.29, 0.717) is 11.3 Å². The molecule has 2 N–H and O–H groups in total. The van der Waals surface area contributed by atoms with Gasteiger partial charge in [0, 0.05) is 23.5 Å². The van der Waals surface area contributed by atoms with Crippen molar-refractivity contribution in [2.45, 2.75) is 6.92 Å². The third-order valence-electron chi connectivity index (χ3n) is 4.80. The number of non-ortho nitro benzene ring substituents is 1. The fourth-order valence-corrected chi connectivity index (χ4v) is 3.43. The molecule has 0 bridgehead atoms. The first-order valence-electron chi connectivity index (χ1n) is 11.0. The number of rotatable bonds is 10. The van der Waals surface area contributed by atoms with E-state index in [-0.39, 0.29) is 40.1 Å². The second kappa shape index (κ2) is 12.8. The summed E-state index contributed by atoms with van der Waals surface area (Å²) in [5.41, 5.74) is 0.320. The van der Waals surface area contributed by atoms with Crippen LogP contribution < -0.4 is 20.1 Å². The molecule has 0 saturated heterocycles. The van der Waals surface area contributed by atoms with Crippen molar-refractivity contribution in [2.24, 2.45) is 0 Å². The summed E-state index contributed by atoms with van der Waals surface area (Å²) in [6.07, 6.45) is 1.26. The predicted molar refractivity (Wildman–Crippen MR) is 138 cm³/mol. The Kier molecular flexibility index (Phi) is 9.34. The molecule has 0 atom stereocenters.